The molecule has 2 amide bonds. The van der Waals surface area contributed by atoms with Crippen molar-refractivity contribution in [2.45, 2.75) is 24.7 Å². The van der Waals surface area contributed by atoms with E-state index < -0.39 is 15.9 Å². The van der Waals surface area contributed by atoms with Gasteiger partial charge in [-0.1, -0.05) is 55.5 Å². The van der Waals surface area contributed by atoms with E-state index in [4.69, 9.17) is 0 Å². The van der Waals surface area contributed by atoms with Crippen LogP contribution in [-0.2, 0) is 26.0 Å². The second-order valence-corrected chi connectivity index (χ2v) is 8.76. The van der Waals surface area contributed by atoms with Crippen molar-refractivity contribution in [1.29, 1.82) is 0 Å². The van der Waals surface area contributed by atoms with Crippen LogP contribution >= 0.6 is 0 Å². The predicted molar refractivity (Wildman–Crippen MR) is 121 cm³/mol. The fourth-order valence-electron chi connectivity index (χ4n) is 3.13. The average molecular weight is 440 g/mol. The van der Waals surface area contributed by atoms with Gasteiger partial charge in [-0.15, -0.1) is 0 Å². The summed E-state index contributed by atoms with van der Waals surface area (Å²) in [6.07, 6.45) is 0.700. The zero-order valence-electron chi connectivity index (χ0n) is 17.2. The van der Waals surface area contributed by atoms with Crippen LogP contribution in [0.4, 0.5) is 5.69 Å². The first-order valence-electron chi connectivity index (χ1n) is 10.0. The summed E-state index contributed by atoms with van der Waals surface area (Å²) >= 11 is 0. The molecule has 0 fully saturated rings. The zero-order chi connectivity index (χ0) is 22.3. The van der Waals surface area contributed by atoms with Gasteiger partial charge < -0.3 is 10.6 Å². The smallest absolute Gasteiger partial charge is 0.243 e. The molecular weight excluding hydrogens is 414 g/mol. The van der Waals surface area contributed by atoms with E-state index in [1.54, 1.807) is 18.2 Å². The number of benzene rings is 3. The van der Waals surface area contributed by atoms with Crippen molar-refractivity contribution in [2.75, 3.05) is 18.4 Å². The van der Waals surface area contributed by atoms with Gasteiger partial charge in [-0.25, -0.2) is 13.1 Å². The van der Waals surface area contributed by atoms with Gasteiger partial charge in [-0.3, -0.25) is 9.59 Å². The highest BCUT2D eigenvalue weighted by Gasteiger charge is 2.15. The van der Waals surface area contributed by atoms with Crippen molar-refractivity contribution < 1.29 is 18.0 Å². The maximum Gasteiger partial charge on any atom is 0.243 e. The summed E-state index contributed by atoms with van der Waals surface area (Å²) in [4.78, 5) is 24.2. The molecular formula is C23H25N3O4S. The molecule has 31 heavy (non-hydrogen) atoms. The summed E-state index contributed by atoms with van der Waals surface area (Å²) in [7, 11) is -3.74. The highest BCUT2D eigenvalue weighted by atomic mass is 32.2. The van der Waals surface area contributed by atoms with Crippen LogP contribution in [0.5, 0.6) is 0 Å². The molecule has 0 bridgehead atoms. The average Bonchev–Trinajstić information content (AvgIpc) is 2.77. The Bertz CT molecular complexity index is 1190. The number of para-hydroxylation sites is 1. The third-order valence-electron chi connectivity index (χ3n) is 4.79. The van der Waals surface area contributed by atoms with E-state index >= 15 is 0 Å². The van der Waals surface area contributed by atoms with E-state index in [9.17, 15) is 18.0 Å². The topological polar surface area (TPSA) is 104 Å². The number of carbonyl (C=O) groups is 2. The predicted octanol–water partition coefficient (Wildman–Crippen LogP) is 2.83. The van der Waals surface area contributed by atoms with Gasteiger partial charge in [-0.2, -0.15) is 0 Å². The van der Waals surface area contributed by atoms with Gasteiger partial charge in [0.25, 0.3) is 0 Å². The highest BCUT2D eigenvalue weighted by molar-refractivity contribution is 7.89. The molecule has 0 saturated carbocycles. The van der Waals surface area contributed by atoms with Crippen LogP contribution in [0.2, 0.25) is 0 Å². The molecule has 0 aliphatic rings. The van der Waals surface area contributed by atoms with Crippen LogP contribution in [-0.4, -0.2) is 33.3 Å². The third-order valence-corrected chi connectivity index (χ3v) is 6.25. The molecule has 0 aromatic heterocycles. The first-order valence-corrected chi connectivity index (χ1v) is 11.5. The molecule has 0 heterocycles. The Balaban J connectivity index is 1.46. The van der Waals surface area contributed by atoms with E-state index in [1.165, 1.54) is 6.07 Å². The Hall–Kier alpha value is -3.23. The molecule has 162 valence electrons. The molecule has 7 nitrogen and oxygen atoms in total. The quantitative estimate of drug-likeness (QED) is 0.477. The van der Waals surface area contributed by atoms with Crippen molar-refractivity contribution in [2.24, 2.45) is 0 Å². The van der Waals surface area contributed by atoms with Crippen LogP contribution < -0.4 is 15.4 Å². The fraction of sp³-hybridized carbons (Fsp3) is 0.217. The maximum absolute atomic E-state index is 12.5. The second-order valence-electron chi connectivity index (χ2n) is 6.99. The van der Waals surface area contributed by atoms with Crippen LogP contribution in [0.1, 0.15) is 18.9 Å². The van der Waals surface area contributed by atoms with Gasteiger partial charge in [0.15, 0.2) is 0 Å². The monoisotopic (exact) mass is 439 g/mol. The number of hydrogen-bond donors (Lipinski definition) is 3. The van der Waals surface area contributed by atoms with Gasteiger partial charge in [0.05, 0.1) is 11.4 Å². The van der Waals surface area contributed by atoms with Gasteiger partial charge in [0.2, 0.25) is 21.8 Å². The molecule has 0 saturated heterocycles. The molecule has 0 spiro atoms. The molecule has 0 radical (unpaired) electrons. The largest absolute Gasteiger partial charge is 0.347 e. The third kappa shape index (κ3) is 6.13. The van der Waals surface area contributed by atoms with Crippen molar-refractivity contribution >= 4 is 38.3 Å². The van der Waals surface area contributed by atoms with Crippen LogP contribution in [0.25, 0.3) is 10.8 Å². The molecule has 8 heteroatoms. The van der Waals surface area contributed by atoms with Crippen molar-refractivity contribution in [1.82, 2.24) is 10.0 Å². The number of anilines is 1. The van der Waals surface area contributed by atoms with Crippen LogP contribution in [0.15, 0.2) is 71.6 Å². The number of hydrogen-bond acceptors (Lipinski definition) is 4. The fourth-order valence-corrected chi connectivity index (χ4v) is 4.20. The Morgan fingerprint density at radius 1 is 0.871 bits per heavy atom. The summed E-state index contributed by atoms with van der Waals surface area (Å²) in [6.45, 7) is 1.74. The SMILES string of the molecule is CCc1ccccc1NC(=O)CNC(=O)CCNS(=O)(=O)c1ccc2ccccc2c1. The lowest BCUT2D eigenvalue weighted by Crippen LogP contribution is -2.35. The van der Waals surface area contributed by atoms with Crippen molar-refractivity contribution in [3.63, 3.8) is 0 Å². The Kier molecular flexibility index (Phi) is 7.38. The first kappa shape index (κ1) is 22.5. The second kappa shape index (κ2) is 10.2. The number of amides is 2. The lowest BCUT2D eigenvalue weighted by molar-refractivity contribution is -0.124. The number of fused-ring (bicyclic) bond motifs is 1. The van der Waals surface area contributed by atoms with Gasteiger partial charge >= 0.3 is 0 Å². The number of carbonyl (C=O) groups excluding carboxylic acids is 2. The minimum absolute atomic E-state index is 0.0682. The van der Waals surface area contributed by atoms with E-state index in [-0.39, 0.29) is 30.3 Å². The van der Waals surface area contributed by atoms with Crippen LogP contribution in [0.3, 0.4) is 0 Å². The summed E-state index contributed by atoms with van der Waals surface area (Å²) < 4.78 is 27.4. The van der Waals surface area contributed by atoms with E-state index in [2.05, 4.69) is 15.4 Å². The van der Waals surface area contributed by atoms with Crippen molar-refractivity contribution in [3.8, 4) is 0 Å². The Morgan fingerprint density at radius 2 is 1.58 bits per heavy atom. The molecule has 3 rings (SSSR count). The molecule has 0 unspecified atom stereocenters. The Labute approximate surface area is 181 Å². The lowest BCUT2D eigenvalue weighted by Gasteiger charge is -2.11. The molecule has 3 aromatic rings. The minimum atomic E-state index is -3.74. The first-order chi connectivity index (χ1) is 14.9. The lowest BCUT2D eigenvalue weighted by atomic mass is 10.1. The van der Waals surface area contributed by atoms with Gasteiger partial charge in [0, 0.05) is 18.7 Å². The number of nitrogens with one attached hydrogen (secondary N) is 3. The molecule has 0 aliphatic heterocycles. The maximum atomic E-state index is 12.5. The van der Waals surface area contributed by atoms with Crippen LogP contribution in [0, 0.1) is 0 Å². The highest BCUT2D eigenvalue weighted by Crippen LogP contribution is 2.19. The van der Waals surface area contributed by atoms with E-state index in [1.807, 2.05) is 49.4 Å². The van der Waals surface area contributed by atoms with E-state index in [0.29, 0.717) is 5.69 Å². The summed E-state index contributed by atoms with van der Waals surface area (Å²) in [5, 5.41) is 7.04. The van der Waals surface area contributed by atoms with E-state index in [0.717, 1.165) is 22.8 Å². The standard InChI is InChI=1S/C23H25N3O4S/c1-2-17-7-5-6-10-21(17)26-23(28)16-24-22(27)13-14-25-31(29,30)20-12-11-18-8-3-4-9-19(18)15-20/h3-12,15,25H,2,13-14,16H2,1H3,(H,24,27)(H,26,28). The Morgan fingerprint density at radius 3 is 2.35 bits per heavy atom. The summed E-state index contributed by atoms with van der Waals surface area (Å²) in [5.41, 5.74) is 1.72. The zero-order valence-corrected chi connectivity index (χ0v) is 18.0. The summed E-state index contributed by atoms with van der Waals surface area (Å²) in [6, 6.07) is 19.8. The van der Waals surface area contributed by atoms with Gasteiger partial charge in [0.1, 0.15) is 0 Å². The number of rotatable bonds is 9. The normalized spacial score (nSPS) is 11.3. The minimum Gasteiger partial charge on any atom is -0.347 e. The molecule has 3 N–H and O–H groups in total. The summed E-state index contributed by atoms with van der Waals surface area (Å²) in [5.74, 6) is -0.758. The molecule has 0 atom stereocenters. The molecule has 0 aliphatic carbocycles. The van der Waals surface area contributed by atoms with Gasteiger partial charge in [-0.05, 0) is 41.0 Å². The van der Waals surface area contributed by atoms with Crippen molar-refractivity contribution in [3.05, 3.63) is 72.3 Å². The molecule has 3 aromatic carbocycles. The number of sulfonamides is 1. The number of aryl methyl sites for hydroxylation is 1.